The Balaban J connectivity index is 1.91. The molecule has 1 unspecified atom stereocenters. The number of methoxy groups -OCH3 is 1. The van der Waals surface area contributed by atoms with E-state index in [1.165, 1.54) is 5.56 Å². The summed E-state index contributed by atoms with van der Waals surface area (Å²) in [4.78, 5) is 0. The van der Waals surface area contributed by atoms with Crippen LogP contribution in [0.3, 0.4) is 0 Å². The molecule has 2 N–H and O–H groups in total. The topological polar surface area (TPSA) is 44.5 Å². The summed E-state index contributed by atoms with van der Waals surface area (Å²) in [6.45, 7) is 1.16. The molecular weight excluding hydrogens is 286 g/mol. The van der Waals surface area contributed by atoms with Crippen LogP contribution in [0.4, 0.5) is 0 Å². The van der Waals surface area contributed by atoms with Crippen molar-refractivity contribution in [1.29, 1.82) is 0 Å². The molecule has 2 aromatic rings. The van der Waals surface area contributed by atoms with Gasteiger partial charge in [0, 0.05) is 0 Å². The second-order valence-electron chi connectivity index (χ2n) is 4.77. The van der Waals surface area contributed by atoms with Crippen molar-refractivity contribution in [1.82, 2.24) is 0 Å². The van der Waals surface area contributed by atoms with Crippen LogP contribution < -0.4 is 15.2 Å². The lowest BCUT2D eigenvalue weighted by Crippen LogP contribution is -2.15. The number of para-hydroxylation sites is 1. The van der Waals surface area contributed by atoms with Crippen LogP contribution in [0.1, 0.15) is 17.9 Å². The molecule has 0 bridgehead atoms. The number of benzene rings is 2. The number of nitrogens with two attached hydrogens (primary N) is 1. The molecule has 0 amide bonds. The number of rotatable bonds is 7. The van der Waals surface area contributed by atoms with Gasteiger partial charge in [-0.1, -0.05) is 35.9 Å². The predicted molar refractivity (Wildman–Crippen MR) is 86.4 cm³/mol. The molecule has 0 aliphatic heterocycles. The molecule has 112 valence electrons. The lowest BCUT2D eigenvalue weighted by atomic mass is 9.96. The van der Waals surface area contributed by atoms with Crippen LogP contribution in [0.5, 0.6) is 11.5 Å². The number of hydrogen-bond acceptors (Lipinski definition) is 3. The maximum absolute atomic E-state index is 6.06. The van der Waals surface area contributed by atoms with Crippen molar-refractivity contribution in [3.05, 3.63) is 59.1 Å². The molecule has 0 radical (unpaired) electrons. The van der Waals surface area contributed by atoms with Gasteiger partial charge in [-0.15, -0.1) is 0 Å². The van der Waals surface area contributed by atoms with Gasteiger partial charge in [0.25, 0.3) is 0 Å². The molecule has 21 heavy (non-hydrogen) atoms. The summed E-state index contributed by atoms with van der Waals surface area (Å²) >= 11 is 6.06. The second-order valence-corrected chi connectivity index (χ2v) is 5.18. The fourth-order valence-electron chi connectivity index (χ4n) is 2.17. The molecule has 0 spiro atoms. The molecule has 0 fully saturated rings. The fraction of sp³-hybridized carbons (Fsp3) is 0.294. The van der Waals surface area contributed by atoms with Crippen molar-refractivity contribution in [2.24, 2.45) is 5.73 Å². The summed E-state index contributed by atoms with van der Waals surface area (Å²) in [7, 11) is 1.66. The third-order valence-electron chi connectivity index (χ3n) is 3.43. The van der Waals surface area contributed by atoms with Crippen molar-refractivity contribution >= 4 is 11.6 Å². The van der Waals surface area contributed by atoms with Gasteiger partial charge < -0.3 is 15.2 Å². The van der Waals surface area contributed by atoms with E-state index in [2.05, 4.69) is 0 Å². The van der Waals surface area contributed by atoms with E-state index in [1.54, 1.807) is 7.11 Å². The molecule has 2 aromatic carbocycles. The molecule has 0 saturated heterocycles. The lowest BCUT2D eigenvalue weighted by Gasteiger charge is -2.16. The van der Waals surface area contributed by atoms with Crippen LogP contribution in [0, 0.1) is 0 Å². The van der Waals surface area contributed by atoms with Crippen LogP contribution in [0.25, 0.3) is 0 Å². The number of ether oxygens (including phenoxy) is 2. The van der Waals surface area contributed by atoms with Gasteiger partial charge in [-0.3, -0.25) is 0 Å². The largest absolute Gasteiger partial charge is 0.497 e. The van der Waals surface area contributed by atoms with Crippen LogP contribution in [-0.4, -0.2) is 20.3 Å². The molecule has 0 saturated carbocycles. The van der Waals surface area contributed by atoms with Crippen molar-refractivity contribution in [2.45, 2.75) is 12.3 Å². The molecule has 0 aliphatic carbocycles. The number of hydrogen-bond donors (Lipinski definition) is 1. The first-order valence-electron chi connectivity index (χ1n) is 6.96. The zero-order chi connectivity index (χ0) is 15.1. The van der Waals surface area contributed by atoms with Gasteiger partial charge in [0.15, 0.2) is 0 Å². The molecule has 0 aliphatic rings. The summed E-state index contributed by atoms with van der Waals surface area (Å²) < 4.78 is 10.9. The van der Waals surface area contributed by atoms with Crippen molar-refractivity contribution < 1.29 is 9.47 Å². The van der Waals surface area contributed by atoms with E-state index in [-0.39, 0.29) is 5.92 Å². The Labute approximate surface area is 130 Å². The first-order chi connectivity index (χ1) is 10.2. The summed E-state index contributed by atoms with van der Waals surface area (Å²) in [5, 5.41) is 0.631. The normalized spacial score (nSPS) is 12.0. The average molecular weight is 306 g/mol. The molecule has 0 heterocycles. The van der Waals surface area contributed by atoms with Gasteiger partial charge in [-0.25, -0.2) is 0 Å². The standard InChI is InChI=1S/C17H20ClNO2/c1-20-15-8-6-13(7-9-15)14(12-19)10-11-21-17-5-3-2-4-16(17)18/h2-9,14H,10-12,19H2,1H3. The van der Waals surface area contributed by atoms with Gasteiger partial charge in [-0.05, 0) is 48.7 Å². The van der Waals surface area contributed by atoms with Gasteiger partial charge in [-0.2, -0.15) is 0 Å². The van der Waals surface area contributed by atoms with Gasteiger partial charge >= 0.3 is 0 Å². The van der Waals surface area contributed by atoms with E-state index in [0.29, 0.717) is 23.9 Å². The SMILES string of the molecule is COc1ccc(C(CN)CCOc2ccccc2Cl)cc1. The van der Waals surface area contributed by atoms with Gasteiger partial charge in [0.05, 0.1) is 18.7 Å². The quantitative estimate of drug-likeness (QED) is 0.845. The third kappa shape index (κ3) is 4.38. The zero-order valence-corrected chi connectivity index (χ0v) is 12.8. The summed E-state index contributed by atoms with van der Waals surface area (Å²) in [5.41, 5.74) is 7.07. The minimum absolute atomic E-state index is 0.262. The average Bonchev–Trinajstić information content (AvgIpc) is 2.53. The minimum Gasteiger partial charge on any atom is -0.497 e. The van der Waals surface area contributed by atoms with E-state index in [0.717, 1.165) is 12.2 Å². The third-order valence-corrected chi connectivity index (χ3v) is 3.74. The summed E-state index contributed by atoms with van der Waals surface area (Å²) in [5.74, 6) is 1.82. The Morgan fingerprint density at radius 1 is 1.10 bits per heavy atom. The van der Waals surface area contributed by atoms with E-state index >= 15 is 0 Å². The van der Waals surface area contributed by atoms with E-state index < -0.39 is 0 Å². The Bertz CT molecular complexity index is 557. The highest BCUT2D eigenvalue weighted by Gasteiger charge is 2.10. The Morgan fingerprint density at radius 2 is 1.81 bits per heavy atom. The molecule has 3 nitrogen and oxygen atoms in total. The molecule has 1 atom stereocenters. The van der Waals surface area contributed by atoms with Crippen molar-refractivity contribution in [3.63, 3.8) is 0 Å². The van der Waals surface area contributed by atoms with E-state index in [9.17, 15) is 0 Å². The lowest BCUT2D eigenvalue weighted by molar-refractivity contribution is 0.298. The predicted octanol–water partition coefficient (Wildman–Crippen LogP) is 3.86. The van der Waals surface area contributed by atoms with Crippen LogP contribution in [-0.2, 0) is 0 Å². The zero-order valence-electron chi connectivity index (χ0n) is 12.1. The monoisotopic (exact) mass is 305 g/mol. The van der Waals surface area contributed by atoms with Crippen LogP contribution in [0.15, 0.2) is 48.5 Å². The van der Waals surface area contributed by atoms with Crippen LogP contribution >= 0.6 is 11.6 Å². The highest BCUT2D eigenvalue weighted by molar-refractivity contribution is 6.32. The first-order valence-corrected chi connectivity index (χ1v) is 7.33. The molecular formula is C17H20ClNO2. The molecule has 0 aromatic heterocycles. The van der Waals surface area contributed by atoms with Crippen LogP contribution in [0.2, 0.25) is 5.02 Å². The minimum atomic E-state index is 0.262. The highest BCUT2D eigenvalue weighted by atomic mass is 35.5. The van der Waals surface area contributed by atoms with Crippen molar-refractivity contribution in [2.75, 3.05) is 20.3 Å². The fourth-order valence-corrected chi connectivity index (χ4v) is 2.36. The summed E-state index contributed by atoms with van der Waals surface area (Å²) in [6.07, 6.45) is 0.841. The Kier molecular flexibility index (Phi) is 5.90. The highest BCUT2D eigenvalue weighted by Crippen LogP contribution is 2.25. The smallest absolute Gasteiger partial charge is 0.137 e. The maximum Gasteiger partial charge on any atom is 0.137 e. The molecule has 4 heteroatoms. The first kappa shape index (κ1) is 15.7. The van der Waals surface area contributed by atoms with Gasteiger partial charge in [0.2, 0.25) is 0 Å². The molecule has 2 rings (SSSR count). The maximum atomic E-state index is 6.06. The Morgan fingerprint density at radius 3 is 2.43 bits per heavy atom. The summed E-state index contributed by atoms with van der Waals surface area (Å²) in [6, 6.07) is 15.5. The van der Waals surface area contributed by atoms with Crippen molar-refractivity contribution in [3.8, 4) is 11.5 Å². The Hall–Kier alpha value is -1.71. The number of halogens is 1. The van der Waals surface area contributed by atoms with Gasteiger partial charge in [0.1, 0.15) is 11.5 Å². The van der Waals surface area contributed by atoms with E-state index in [1.807, 2.05) is 48.5 Å². The van der Waals surface area contributed by atoms with E-state index in [4.69, 9.17) is 26.8 Å². The second kappa shape index (κ2) is 7.91.